The van der Waals surface area contributed by atoms with Crippen molar-refractivity contribution in [1.29, 1.82) is 0 Å². The fourth-order valence-electron chi connectivity index (χ4n) is 5.35. The van der Waals surface area contributed by atoms with Crippen LogP contribution < -0.4 is 10.6 Å². The second kappa shape index (κ2) is 12.5. The summed E-state index contributed by atoms with van der Waals surface area (Å²) in [6, 6.07) is 17.6. The van der Waals surface area contributed by atoms with Crippen LogP contribution in [0.3, 0.4) is 0 Å². The molecule has 0 spiro atoms. The van der Waals surface area contributed by atoms with E-state index in [-0.39, 0.29) is 6.07 Å². The maximum Gasteiger partial charge on any atom is 0.416 e. The van der Waals surface area contributed by atoms with Crippen molar-refractivity contribution in [3.05, 3.63) is 101 Å². The Kier molecular flexibility index (Phi) is 9.28. The number of nitrogens with one attached hydrogen (secondary N) is 2. The molecule has 1 aliphatic heterocycles. The summed E-state index contributed by atoms with van der Waals surface area (Å²) in [7, 11) is 1.51. The molecule has 0 bridgehead atoms. The molecule has 3 aromatic carbocycles. The van der Waals surface area contributed by atoms with Crippen molar-refractivity contribution in [2.45, 2.75) is 43.3 Å². The molecule has 1 atom stereocenters. The number of hydrogen-bond donors (Lipinski definition) is 2. The molecule has 1 saturated heterocycles. The normalized spacial score (nSPS) is 15.8. The van der Waals surface area contributed by atoms with Gasteiger partial charge in [0, 0.05) is 19.3 Å². The molecule has 1 fully saturated rings. The molecule has 0 aromatic heterocycles. The molecule has 0 aliphatic carbocycles. The fourth-order valence-corrected chi connectivity index (χ4v) is 5.35. The smallest absolute Gasteiger partial charge is 0.367 e. The number of carbonyl (C=O) groups is 1. The van der Waals surface area contributed by atoms with E-state index in [1.54, 1.807) is 0 Å². The van der Waals surface area contributed by atoms with Gasteiger partial charge < -0.3 is 20.3 Å². The molecule has 0 radical (unpaired) electrons. The highest BCUT2D eigenvalue weighted by Crippen LogP contribution is 2.39. The number of methoxy groups -OCH3 is 1. The van der Waals surface area contributed by atoms with Gasteiger partial charge in [-0.15, -0.1) is 0 Å². The summed E-state index contributed by atoms with van der Waals surface area (Å²) >= 11 is 0. The van der Waals surface area contributed by atoms with Gasteiger partial charge in [0.2, 0.25) is 0 Å². The van der Waals surface area contributed by atoms with Gasteiger partial charge in [0.1, 0.15) is 5.60 Å². The molecule has 2 amide bonds. The Morgan fingerprint density at radius 3 is 1.71 bits per heavy atom. The predicted molar refractivity (Wildman–Crippen MR) is 143 cm³/mol. The molecular formula is C30H31F6N3O2. The standard InChI is InChI=1S/C30H31F6N3O2/c1-41-28(21-11-5-2-6-12-21,22-13-7-3-8-14-22)26(20-39-15-9-4-10-16-39)38-27(40)37-25-18-23(29(31,32)33)17-24(19-25)30(34,35)36/h2-3,5-8,11-14,17-19,26H,4,9-10,15-16,20H2,1H3,(H2,37,38,40)/t26-/m1/s1. The average Bonchev–Trinajstić information content (AvgIpc) is 2.94. The van der Waals surface area contributed by atoms with Gasteiger partial charge in [-0.2, -0.15) is 26.3 Å². The van der Waals surface area contributed by atoms with E-state index in [0.29, 0.717) is 18.7 Å². The highest BCUT2D eigenvalue weighted by Gasteiger charge is 2.44. The number of hydrogen-bond acceptors (Lipinski definition) is 3. The van der Waals surface area contributed by atoms with Crippen LogP contribution in [0.2, 0.25) is 0 Å². The summed E-state index contributed by atoms with van der Waals surface area (Å²) in [6.07, 6.45) is -7.10. The third kappa shape index (κ3) is 7.20. The number of ether oxygens (including phenoxy) is 1. The highest BCUT2D eigenvalue weighted by atomic mass is 19.4. The van der Waals surface area contributed by atoms with Gasteiger partial charge in [-0.1, -0.05) is 67.1 Å². The molecule has 2 N–H and O–H groups in total. The lowest BCUT2D eigenvalue weighted by molar-refractivity contribution is -0.143. The van der Waals surface area contributed by atoms with Crippen LogP contribution in [-0.4, -0.2) is 43.7 Å². The van der Waals surface area contributed by atoms with Gasteiger partial charge in [-0.3, -0.25) is 0 Å². The minimum atomic E-state index is -5.04. The third-order valence-electron chi connectivity index (χ3n) is 7.26. The minimum absolute atomic E-state index is 0.0169. The molecule has 5 nitrogen and oxygen atoms in total. The van der Waals surface area contributed by atoms with Crippen molar-refractivity contribution in [3.63, 3.8) is 0 Å². The van der Waals surface area contributed by atoms with E-state index in [1.165, 1.54) is 7.11 Å². The molecule has 41 heavy (non-hydrogen) atoms. The lowest BCUT2D eigenvalue weighted by Gasteiger charge is -2.43. The molecule has 220 valence electrons. The molecular weight excluding hydrogens is 548 g/mol. The van der Waals surface area contributed by atoms with Crippen molar-refractivity contribution in [2.24, 2.45) is 0 Å². The Hall–Kier alpha value is -3.57. The Balaban J connectivity index is 1.74. The van der Waals surface area contributed by atoms with Crippen LogP contribution >= 0.6 is 0 Å². The second-order valence-electron chi connectivity index (χ2n) is 9.98. The monoisotopic (exact) mass is 579 g/mol. The maximum absolute atomic E-state index is 13.4. The third-order valence-corrected chi connectivity index (χ3v) is 7.26. The highest BCUT2D eigenvalue weighted by molar-refractivity contribution is 5.90. The van der Waals surface area contributed by atoms with Gasteiger partial charge in [-0.25, -0.2) is 4.79 Å². The number of alkyl halides is 6. The van der Waals surface area contributed by atoms with Gasteiger partial charge >= 0.3 is 18.4 Å². The quantitative estimate of drug-likeness (QED) is 0.276. The van der Waals surface area contributed by atoms with E-state index in [4.69, 9.17) is 4.74 Å². The first-order chi connectivity index (χ1) is 19.4. The van der Waals surface area contributed by atoms with Crippen molar-refractivity contribution < 1.29 is 35.9 Å². The van der Waals surface area contributed by atoms with Gasteiger partial charge in [-0.05, 0) is 55.3 Å². The summed E-state index contributed by atoms with van der Waals surface area (Å²) in [4.78, 5) is 15.5. The van der Waals surface area contributed by atoms with Gasteiger partial charge in [0.25, 0.3) is 0 Å². The number of halogens is 6. The Bertz CT molecular complexity index is 1220. The second-order valence-corrected chi connectivity index (χ2v) is 9.98. The zero-order chi connectivity index (χ0) is 29.7. The van der Waals surface area contributed by atoms with E-state index in [0.717, 1.165) is 43.5 Å². The van der Waals surface area contributed by atoms with Crippen molar-refractivity contribution in [1.82, 2.24) is 10.2 Å². The van der Waals surface area contributed by atoms with Crippen molar-refractivity contribution >= 4 is 11.7 Å². The summed E-state index contributed by atoms with van der Waals surface area (Å²) in [6.45, 7) is 1.86. The van der Waals surface area contributed by atoms with E-state index in [1.807, 2.05) is 60.7 Å². The Morgan fingerprint density at radius 1 is 0.780 bits per heavy atom. The van der Waals surface area contributed by atoms with Gasteiger partial charge in [0.05, 0.1) is 17.2 Å². The van der Waals surface area contributed by atoms with Crippen LogP contribution in [0.4, 0.5) is 36.8 Å². The number of piperidine rings is 1. The van der Waals surface area contributed by atoms with Crippen LogP contribution in [0, 0.1) is 0 Å². The van der Waals surface area contributed by atoms with Crippen molar-refractivity contribution in [3.8, 4) is 0 Å². The number of urea groups is 1. The van der Waals surface area contributed by atoms with E-state index in [9.17, 15) is 31.1 Å². The molecule has 1 heterocycles. The van der Waals surface area contributed by atoms with E-state index < -0.39 is 46.8 Å². The van der Waals surface area contributed by atoms with Crippen LogP contribution in [0.25, 0.3) is 0 Å². The molecule has 0 saturated carbocycles. The van der Waals surface area contributed by atoms with Crippen LogP contribution in [0.5, 0.6) is 0 Å². The topological polar surface area (TPSA) is 53.6 Å². The number of carbonyl (C=O) groups excluding carboxylic acids is 1. The molecule has 3 aromatic rings. The number of amides is 2. The zero-order valence-electron chi connectivity index (χ0n) is 22.4. The van der Waals surface area contributed by atoms with E-state index in [2.05, 4.69) is 15.5 Å². The number of benzene rings is 3. The Morgan fingerprint density at radius 2 is 1.27 bits per heavy atom. The first-order valence-electron chi connectivity index (χ1n) is 13.2. The number of likely N-dealkylation sites (tertiary alicyclic amines) is 1. The Labute approximate surface area is 234 Å². The largest absolute Gasteiger partial charge is 0.416 e. The first-order valence-corrected chi connectivity index (χ1v) is 13.2. The number of rotatable bonds is 8. The summed E-state index contributed by atoms with van der Waals surface area (Å²) in [5, 5.41) is 5.05. The first kappa shape index (κ1) is 30.4. The lowest BCUT2D eigenvalue weighted by atomic mass is 9.79. The molecule has 4 rings (SSSR count). The lowest BCUT2D eigenvalue weighted by Crippen LogP contribution is -2.58. The SMILES string of the molecule is COC(c1ccccc1)(c1ccccc1)[C@@H](CN1CCCCC1)NC(=O)Nc1cc(C(F)(F)F)cc(C(F)(F)F)c1. The van der Waals surface area contributed by atoms with Crippen molar-refractivity contribution in [2.75, 3.05) is 32.1 Å². The van der Waals surface area contributed by atoms with Gasteiger partial charge in [0.15, 0.2) is 0 Å². The zero-order valence-corrected chi connectivity index (χ0v) is 22.4. The van der Waals surface area contributed by atoms with Crippen LogP contribution in [0.1, 0.15) is 41.5 Å². The fraction of sp³-hybridized carbons (Fsp3) is 0.367. The minimum Gasteiger partial charge on any atom is -0.367 e. The summed E-state index contributed by atoms with van der Waals surface area (Å²) < 4.78 is 86.6. The molecule has 11 heteroatoms. The molecule has 1 aliphatic rings. The molecule has 0 unspecified atom stereocenters. The summed E-state index contributed by atoms with van der Waals surface area (Å²) in [5.74, 6) is 0. The summed E-state index contributed by atoms with van der Waals surface area (Å²) in [5.41, 5.74) is -3.48. The maximum atomic E-state index is 13.4. The van der Waals surface area contributed by atoms with Crippen LogP contribution in [0.15, 0.2) is 78.9 Å². The predicted octanol–water partition coefficient (Wildman–Crippen LogP) is 7.29. The van der Waals surface area contributed by atoms with E-state index >= 15 is 0 Å². The average molecular weight is 580 g/mol. The number of nitrogens with zero attached hydrogens (tertiary/aromatic N) is 1. The number of anilines is 1. The van der Waals surface area contributed by atoms with Crippen LogP contribution in [-0.2, 0) is 22.7 Å².